The number of benzene rings is 2. The van der Waals surface area contributed by atoms with Gasteiger partial charge in [-0.1, -0.05) is 74.5 Å². The number of rotatable bonds is 7. The van der Waals surface area contributed by atoms with Crippen LogP contribution in [0.4, 0.5) is 5.82 Å². The smallest absolute Gasteiger partial charge is 0.304 e. The lowest BCUT2D eigenvalue weighted by Crippen LogP contribution is -2.37. The second kappa shape index (κ2) is 8.72. The SMILES string of the molecule is C=C1c2c(nc(Oc3ccc(C)cc3)n2Cc2ccccc2)N(C)C(=C)N1CCCC. The van der Waals surface area contributed by atoms with E-state index in [2.05, 4.69) is 60.7 Å². The lowest BCUT2D eigenvalue weighted by molar-refractivity contribution is 0.414. The Labute approximate surface area is 184 Å². The lowest BCUT2D eigenvalue weighted by atomic mass is 10.1. The van der Waals surface area contributed by atoms with Gasteiger partial charge >= 0.3 is 6.01 Å². The van der Waals surface area contributed by atoms with Crippen LogP contribution < -0.4 is 9.64 Å². The molecular formula is C26H30N4O. The molecule has 1 aliphatic rings. The first-order valence-corrected chi connectivity index (χ1v) is 10.8. The first kappa shape index (κ1) is 20.8. The molecule has 0 saturated carbocycles. The second-order valence-electron chi connectivity index (χ2n) is 7.98. The highest BCUT2D eigenvalue weighted by Crippen LogP contribution is 2.41. The van der Waals surface area contributed by atoms with Gasteiger partial charge in [-0.05, 0) is 31.0 Å². The van der Waals surface area contributed by atoms with E-state index in [0.717, 1.165) is 48.2 Å². The number of imidazole rings is 1. The van der Waals surface area contributed by atoms with Crippen LogP contribution in [0.15, 0.2) is 73.6 Å². The Morgan fingerprint density at radius 2 is 1.71 bits per heavy atom. The molecule has 0 saturated heterocycles. The number of anilines is 1. The van der Waals surface area contributed by atoms with Gasteiger partial charge in [0.25, 0.3) is 0 Å². The van der Waals surface area contributed by atoms with Gasteiger partial charge < -0.3 is 14.5 Å². The Bertz CT molecular complexity index is 1080. The molecule has 160 valence electrons. The molecular weight excluding hydrogens is 384 g/mol. The van der Waals surface area contributed by atoms with Crippen LogP contribution in [-0.4, -0.2) is 28.0 Å². The standard InChI is InChI=1S/C26H30N4O/c1-6-7-17-29-20(3)24-25(28(5)21(29)4)27-26(31-23-15-13-19(2)14-16-23)30(24)18-22-11-9-8-10-12-22/h8-16H,3-4,6-7,17-18H2,1-2,5H3. The van der Waals surface area contributed by atoms with Gasteiger partial charge in [-0.2, -0.15) is 4.98 Å². The summed E-state index contributed by atoms with van der Waals surface area (Å²) in [6.45, 7) is 14.5. The number of unbranched alkanes of at least 4 members (excludes halogenated alkanes) is 1. The molecule has 0 atom stereocenters. The van der Waals surface area contributed by atoms with E-state index < -0.39 is 0 Å². The Hall–Kier alpha value is -3.47. The van der Waals surface area contributed by atoms with Crippen LogP contribution in [0.25, 0.3) is 5.70 Å². The predicted molar refractivity (Wildman–Crippen MR) is 127 cm³/mol. The molecule has 0 aliphatic carbocycles. The highest BCUT2D eigenvalue weighted by atomic mass is 16.5. The minimum atomic E-state index is 0.552. The van der Waals surface area contributed by atoms with Gasteiger partial charge in [-0.25, -0.2) is 0 Å². The van der Waals surface area contributed by atoms with E-state index in [1.54, 1.807) is 0 Å². The fraction of sp³-hybridized carbons (Fsp3) is 0.269. The van der Waals surface area contributed by atoms with Gasteiger partial charge in [0.1, 0.15) is 17.3 Å². The van der Waals surface area contributed by atoms with Crippen LogP contribution in [0, 0.1) is 6.92 Å². The van der Waals surface area contributed by atoms with Crippen molar-refractivity contribution in [3.8, 4) is 11.8 Å². The third-order valence-electron chi connectivity index (χ3n) is 5.68. The molecule has 0 amide bonds. The maximum Gasteiger partial charge on any atom is 0.304 e. The number of nitrogens with zero attached hydrogens (tertiary/aromatic N) is 4. The lowest BCUT2D eigenvalue weighted by Gasteiger charge is -2.38. The molecule has 0 spiro atoms. The monoisotopic (exact) mass is 414 g/mol. The fourth-order valence-electron chi connectivity index (χ4n) is 3.81. The molecule has 0 N–H and O–H groups in total. The van der Waals surface area contributed by atoms with Crippen LogP contribution in [0.3, 0.4) is 0 Å². The molecule has 0 unspecified atom stereocenters. The highest BCUT2D eigenvalue weighted by Gasteiger charge is 2.33. The summed E-state index contributed by atoms with van der Waals surface area (Å²) in [7, 11) is 2.00. The average Bonchev–Trinajstić information content (AvgIpc) is 3.12. The summed E-state index contributed by atoms with van der Waals surface area (Å²) in [5.74, 6) is 2.47. The molecule has 1 aromatic heterocycles. The molecule has 0 radical (unpaired) electrons. The van der Waals surface area contributed by atoms with Crippen molar-refractivity contribution in [3.63, 3.8) is 0 Å². The van der Waals surface area contributed by atoms with Crippen molar-refractivity contribution >= 4 is 11.5 Å². The maximum absolute atomic E-state index is 6.27. The number of hydrogen-bond acceptors (Lipinski definition) is 4. The molecule has 1 aliphatic heterocycles. The van der Waals surface area contributed by atoms with E-state index in [1.807, 2.05) is 42.3 Å². The van der Waals surface area contributed by atoms with Crippen LogP contribution in [0.5, 0.6) is 11.8 Å². The van der Waals surface area contributed by atoms with Crippen LogP contribution in [0.1, 0.15) is 36.6 Å². The third-order valence-corrected chi connectivity index (χ3v) is 5.68. The minimum Gasteiger partial charge on any atom is -0.425 e. The van der Waals surface area contributed by atoms with Crippen molar-refractivity contribution in [2.24, 2.45) is 0 Å². The van der Waals surface area contributed by atoms with Gasteiger partial charge in [0.2, 0.25) is 0 Å². The van der Waals surface area contributed by atoms with Gasteiger partial charge in [-0.15, -0.1) is 0 Å². The topological polar surface area (TPSA) is 33.5 Å². The number of aryl methyl sites for hydroxylation is 1. The Morgan fingerprint density at radius 1 is 1.00 bits per heavy atom. The van der Waals surface area contributed by atoms with E-state index in [1.165, 1.54) is 11.1 Å². The van der Waals surface area contributed by atoms with Gasteiger partial charge in [0.05, 0.1) is 12.2 Å². The Morgan fingerprint density at radius 3 is 2.39 bits per heavy atom. The molecule has 0 fully saturated rings. The van der Waals surface area contributed by atoms with Crippen molar-refractivity contribution < 1.29 is 4.74 Å². The molecule has 31 heavy (non-hydrogen) atoms. The van der Waals surface area contributed by atoms with E-state index in [4.69, 9.17) is 9.72 Å². The maximum atomic E-state index is 6.27. The fourth-order valence-corrected chi connectivity index (χ4v) is 3.81. The van der Waals surface area contributed by atoms with Crippen molar-refractivity contribution in [2.75, 3.05) is 18.5 Å². The highest BCUT2D eigenvalue weighted by molar-refractivity contribution is 5.77. The Balaban J connectivity index is 1.79. The van der Waals surface area contributed by atoms with E-state index in [9.17, 15) is 0 Å². The number of ether oxygens (including phenoxy) is 1. The van der Waals surface area contributed by atoms with E-state index in [-0.39, 0.29) is 0 Å². The van der Waals surface area contributed by atoms with Crippen molar-refractivity contribution in [1.29, 1.82) is 0 Å². The van der Waals surface area contributed by atoms with Crippen molar-refractivity contribution in [2.45, 2.75) is 33.2 Å². The zero-order chi connectivity index (χ0) is 22.0. The molecule has 5 heteroatoms. The molecule has 2 aromatic carbocycles. The summed E-state index contributed by atoms with van der Waals surface area (Å²) in [4.78, 5) is 9.10. The van der Waals surface area contributed by atoms with Gasteiger partial charge in [-0.3, -0.25) is 4.57 Å². The third kappa shape index (κ3) is 4.08. The Kier molecular flexibility index (Phi) is 5.85. The van der Waals surface area contributed by atoms with E-state index >= 15 is 0 Å². The van der Waals surface area contributed by atoms with Crippen LogP contribution in [-0.2, 0) is 6.54 Å². The zero-order valence-electron chi connectivity index (χ0n) is 18.6. The summed E-state index contributed by atoms with van der Waals surface area (Å²) >= 11 is 0. The summed E-state index contributed by atoms with van der Waals surface area (Å²) < 4.78 is 8.39. The average molecular weight is 415 g/mol. The molecule has 3 aromatic rings. The largest absolute Gasteiger partial charge is 0.425 e. The number of hydrogen-bond donors (Lipinski definition) is 0. The predicted octanol–water partition coefficient (Wildman–Crippen LogP) is 6.03. The summed E-state index contributed by atoms with van der Waals surface area (Å²) in [6.07, 6.45) is 2.18. The van der Waals surface area contributed by atoms with Gasteiger partial charge in [0, 0.05) is 13.6 Å². The normalized spacial score (nSPS) is 13.5. The second-order valence-corrected chi connectivity index (χ2v) is 7.98. The first-order chi connectivity index (χ1) is 15.0. The van der Waals surface area contributed by atoms with E-state index in [0.29, 0.717) is 12.6 Å². The molecule has 5 nitrogen and oxygen atoms in total. The zero-order valence-corrected chi connectivity index (χ0v) is 18.6. The summed E-state index contributed by atoms with van der Waals surface area (Å²) in [5, 5.41) is 0. The van der Waals surface area contributed by atoms with Crippen molar-refractivity contribution in [3.05, 3.63) is 90.4 Å². The van der Waals surface area contributed by atoms with Gasteiger partial charge in [0.15, 0.2) is 5.82 Å². The minimum absolute atomic E-state index is 0.552. The van der Waals surface area contributed by atoms with Crippen LogP contribution >= 0.6 is 0 Å². The molecule has 0 bridgehead atoms. The number of fused-ring (bicyclic) bond motifs is 1. The molecule has 2 heterocycles. The molecule has 4 rings (SSSR count). The first-order valence-electron chi connectivity index (χ1n) is 10.8. The number of aromatic nitrogens is 2. The van der Waals surface area contributed by atoms with Crippen LogP contribution in [0.2, 0.25) is 0 Å². The van der Waals surface area contributed by atoms with Crippen molar-refractivity contribution in [1.82, 2.24) is 14.5 Å². The summed E-state index contributed by atoms with van der Waals surface area (Å²) in [5.41, 5.74) is 4.25. The quantitative estimate of drug-likeness (QED) is 0.473. The summed E-state index contributed by atoms with van der Waals surface area (Å²) in [6, 6.07) is 18.9.